The number of hydrogen-bond acceptors (Lipinski definition) is 3. The predicted octanol–water partition coefficient (Wildman–Crippen LogP) is 2.80. The molecule has 0 aromatic heterocycles. The zero-order valence-corrected chi connectivity index (χ0v) is 13.2. The SMILES string of the molecule is CCNc1ccc(C)cc1C(=O)N(C)C1CCCCC1O. The van der Waals surface area contributed by atoms with Gasteiger partial charge in [-0.1, -0.05) is 24.5 Å². The van der Waals surface area contributed by atoms with E-state index >= 15 is 0 Å². The minimum atomic E-state index is -0.403. The summed E-state index contributed by atoms with van der Waals surface area (Å²) in [6.07, 6.45) is 3.39. The quantitative estimate of drug-likeness (QED) is 0.896. The van der Waals surface area contributed by atoms with Crippen molar-refractivity contribution in [1.29, 1.82) is 0 Å². The Kier molecular flexibility index (Phi) is 5.23. The molecule has 4 nitrogen and oxygen atoms in total. The summed E-state index contributed by atoms with van der Waals surface area (Å²) in [6, 6.07) is 5.81. The molecule has 0 saturated heterocycles. The van der Waals surface area contributed by atoms with Gasteiger partial charge in [-0.05, 0) is 38.8 Å². The van der Waals surface area contributed by atoms with E-state index in [4.69, 9.17) is 0 Å². The Morgan fingerprint density at radius 1 is 1.38 bits per heavy atom. The standard InChI is InChI=1S/C17H26N2O2/c1-4-18-14-10-9-12(2)11-13(14)17(21)19(3)15-7-5-6-8-16(15)20/h9-11,15-16,18,20H,4-8H2,1-3H3. The van der Waals surface area contributed by atoms with Crippen molar-refractivity contribution >= 4 is 11.6 Å². The van der Waals surface area contributed by atoms with Crippen LogP contribution in [0.3, 0.4) is 0 Å². The molecule has 4 heteroatoms. The van der Waals surface area contributed by atoms with Crippen LogP contribution in [0, 0.1) is 6.92 Å². The second-order valence-electron chi connectivity index (χ2n) is 5.91. The van der Waals surface area contributed by atoms with Crippen LogP contribution in [0.2, 0.25) is 0 Å². The molecule has 0 radical (unpaired) electrons. The molecule has 1 amide bonds. The van der Waals surface area contributed by atoms with Crippen molar-refractivity contribution in [1.82, 2.24) is 4.90 Å². The van der Waals surface area contributed by atoms with E-state index in [2.05, 4.69) is 5.32 Å². The molecule has 0 heterocycles. The molecule has 116 valence electrons. The monoisotopic (exact) mass is 290 g/mol. The number of nitrogens with one attached hydrogen (secondary N) is 1. The summed E-state index contributed by atoms with van der Waals surface area (Å²) < 4.78 is 0. The third-order valence-electron chi connectivity index (χ3n) is 4.28. The van der Waals surface area contributed by atoms with Crippen LogP contribution in [0.15, 0.2) is 18.2 Å². The van der Waals surface area contributed by atoms with Gasteiger partial charge in [-0.3, -0.25) is 4.79 Å². The Morgan fingerprint density at radius 2 is 2.10 bits per heavy atom. The minimum Gasteiger partial charge on any atom is -0.391 e. The lowest BCUT2D eigenvalue weighted by Crippen LogP contribution is -2.46. The highest BCUT2D eigenvalue weighted by atomic mass is 16.3. The van der Waals surface area contributed by atoms with Crippen molar-refractivity contribution < 1.29 is 9.90 Å². The molecule has 1 saturated carbocycles. The van der Waals surface area contributed by atoms with Crippen molar-refractivity contribution in [3.63, 3.8) is 0 Å². The molecular formula is C17H26N2O2. The zero-order valence-electron chi connectivity index (χ0n) is 13.2. The van der Waals surface area contributed by atoms with Gasteiger partial charge >= 0.3 is 0 Å². The van der Waals surface area contributed by atoms with Gasteiger partial charge in [0.1, 0.15) is 0 Å². The third-order valence-corrected chi connectivity index (χ3v) is 4.28. The number of carbonyl (C=O) groups excluding carboxylic acids is 1. The Balaban J connectivity index is 2.23. The van der Waals surface area contributed by atoms with Crippen molar-refractivity contribution in [2.75, 3.05) is 18.9 Å². The zero-order chi connectivity index (χ0) is 15.4. The maximum atomic E-state index is 12.8. The van der Waals surface area contributed by atoms with E-state index in [1.807, 2.05) is 32.0 Å². The van der Waals surface area contributed by atoms with E-state index < -0.39 is 6.10 Å². The summed E-state index contributed by atoms with van der Waals surface area (Å²) in [7, 11) is 1.81. The van der Waals surface area contributed by atoms with Gasteiger partial charge in [0.2, 0.25) is 0 Å². The summed E-state index contributed by atoms with van der Waals surface area (Å²) in [6.45, 7) is 4.78. The Bertz CT molecular complexity index is 502. The molecule has 2 atom stereocenters. The van der Waals surface area contributed by atoms with Gasteiger partial charge in [-0.15, -0.1) is 0 Å². The summed E-state index contributed by atoms with van der Waals surface area (Å²) >= 11 is 0. The first-order chi connectivity index (χ1) is 10.0. The molecule has 0 spiro atoms. The molecular weight excluding hydrogens is 264 g/mol. The van der Waals surface area contributed by atoms with Crippen LogP contribution < -0.4 is 5.32 Å². The first-order valence-corrected chi connectivity index (χ1v) is 7.84. The van der Waals surface area contributed by atoms with E-state index in [-0.39, 0.29) is 11.9 Å². The molecule has 0 aliphatic heterocycles. The van der Waals surface area contributed by atoms with Crippen LogP contribution in [-0.4, -0.2) is 41.7 Å². The number of hydrogen-bond donors (Lipinski definition) is 2. The van der Waals surface area contributed by atoms with Crippen LogP contribution >= 0.6 is 0 Å². The smallest absolute Gasteiger partial charge is 0.256 e. The van der Waals surface area contributed by atoms with Crippen LogP contribution in [0.5, 0.6) is 0 Å². The maximum Gasteiger partial charge on any atom is 0.256 e. The number of carbonyl (C=O) groups is 1. The van der Waals surface area contributed by atoms with E-state index in [9.17, 15) is 9.90 Å². The lowest BCUT2D eigenvalue weighted by atomic mass is 9.91. The van der Waals surface area contributed by atoms with Gasteiger partial charge in [0.15, 0.2) is 0 Å². The Hall–Kier alpha value is -1.55. The molecule has 1 aliphatic rings. The second-order valence-corrected chi connectivity index (χ2v) is 5.91. The van der Waals surface area contributed by atoms with Crippen LogP contribution in [0.1, 0.15) is 48.5 Å². The molecule has 2 rings (SSSR count). The van der Waals surface area contributed by atoms with Crippen molar-refractivity contribution in [3.8, 4) is 0 Å². The number of anilines is 1. The molecule has 1 aliphatic carbocycles. The number of benzene rings is 1. The van der Waals surface area contributed by atoms with Crippen LogP contribution in [0.25, 0.3) is 0 Å². The topological polar surface area (TPSA) is 52.6 Å². The molecule has 0 bridgehead atoms. The van der Waals surface area contributed by atoms with Crippen molar-refractivity contribution in [2.45, 2.75) is 51.7 Å². The fourth-order valence-electron chi connectivity index (χ4n) is 3.06. The highest BCUT2D eigenvalue weighted by Crippen LogP contribution is 2.26. The second kappa shape index (κ2) is 6.94. The van der Waals surface area contributed by atoms with Gasteiger partial charge in [0, 0.05) is 19.3 Å². The highest BCUT2D eigenvalue weighted by Gasteiger charge is 2.30. The number of aliphatic hydroxyl groups excluding tert-OH is 1. The predicted molar refractivity (Wildman–Crippen MR) is 85.7 cm³/mol. The van der Waals surface area contributed by atoms with Gasteiger partial charge in [0.25, 0.3) is 5.91 Å². The Labute approximate surface area is 127 Å². The normalized spacial score (nSPS) is 21.9. The highest BCUT2D eigenvalue weighted by molar-refractivity contribution is 6.00. The summed E-state index contributed by atoms with van der Waals surface area (Å²) in [5.74, 6) is -0.0133. The third kappa shape index (κ3) is 3.56. The fraction of sp³-hybridized carbons (Fsp3) is 0.588. The number of amides is 1. The molecule has 2 unspecified atom stereocenters. The average Bonchev–Trinajstić information content (AvgIpc) is 2.48. The molecule has 1 aromatic carbocycles. The van der Waals surface area contributed by atoms with Gasteiger partial charge in [-0.2, -0.15) is 0 Å². The number of aliphatic hydroxyl groups is 1. The van der Waals surface area contributed by atoms with E-state index in [0.717, 1.165) is 43.5 Å². The van der Waals surface area contributed by atoms with Crippen LogP contribution in [0.4, 0.5) is 5.69 Å². The van der Waals surface area contributed by atoms with Gasteiger partial charge < -0.3 is 15.3 Å². The minimum absolute atomic E-state index is 0.0133. The number of aryl methyl sites for hydroxylation is 1. The summed E-state index contributed by atoms with van der Waals surface area (Å²) in [4.78, 5) is 14.5. The van der Waals surface area contributed by atoms with Gasteiger partial charge in [-0.25, -0.2) is 0 Å². The summed E-state index contributed by atoms with van der Waals surface area (Å²) in [5, 5.41) is 13.4. The number of likely N-dealkylation sites (N-methyl/N-ethyl adjacent to an activating group) is 1. The molecule has 21 heavy (non-hydrogen) atoms. The average molecular weight is 290 g/mol. The van der Waals surface area contributed by atoms with E-state index in [1.165, 1.54) is 0 Å². The Morgan fingerprint density at radius 3 is 2.76 bits per heavy atom. The first-order valence-electron chi connectivity index (χ1n) is 7.84. The number of rotatable bonds is 4. The number of nitrogens with zero attached hydrogens (tertiary/aromatic N) is 1. The summed E-state index contributed by atoms with van der Waals surface area (Å²) in [5.41, 5.74) is 2.62. The molecule has 1 fully saturated rings. The fourth-order valence-corrected chi connectivity index (χ4v) is 3.06. The molecule has 2 N–H and O–H groups in total. The van der Waals surface area contributed by atoms with Crippen molar-refractivity contribution in [3.05, 3.63) is 29.3 Å². The van der Waals surface area contributed by atoms with Crippen LogP contribution in [-0.2, 0) is 0 Å². The largest absolute Gasteiger partial charge is 0.391 e. The maximum absolute atomic E-state index is 12.8. The van der Waals surface area contributed by atoms with Crippen molar-refractivity contribution in [2.24, 2.45) is 0 Å². The van der Waals surface area contributed by atoms with E-state index in [1.54, 1.807) is 11.9 Å². The lowest BCUT2D eigenvalue weighted by molar-refractivity contribution is 0.0268. The van der Waals surface area contributed by atoms with E-state index in [0.29, 0.717) is 5.56 Å². The van der Waals surface area contributed by atoms with Gasteiger partial charge in [0.05, 0.1) is 17.7 Å². The lowest BCUT2D eigenvalue weighted by Gasteiger charge is -2.35. The first kappa shape index (κ1) is 15.8. The molecule has 1 aromatic rings.